The lowest BCUT2D eigenvalue weighted by molar-refractivity contribution is -0.121. The number of thiocarbonyl (C=S) groups is 1. The lowest BCUT2D eigenvalue weighted by atomic mass is 10.1. The molecular formula is C21H19N3O4S. The molecule has 0 spiro atoms. The first-order valence-electron chi connectivity index (χ1n) is 8.71. The standard InChI is InChI=1S/C21H19N3O4S/c1-27-17-9-7-15(8-10-17)20(26)23-24-21(29)22-19(25)13-28-18-11-6-14-4-2-3-5-16(14)12-18/h2-12H,13H2,1H3,(H,23,26)(H2,22,24,25,29). The van der Waals surface area contributed by atoms with Gasteiger partial charge in [0.1, 0.15) is 11.5 Å². The summed E-state index contributed by atoms with van der Waals surface area (Å²) in [5.74, 6) is 0.361. The summed E-state index contributed by atoms with van der Waals surface area (Å²) < 4.78 is 10.5. The van der Waals surface area contributed by atoms with E-state index in [0.717, 1.165) is 10.8 Å². The molecule has 0 radical (unpaired) electrons. The fraction of sp³-hybridized carbons (Fsp3) is 0.0952. The van der Waals surface area contributed by atoms with Crippen molar-refractivity contribution >= 4 is 39.9 Å². The first-order valence-corrected chi connectivity index (χ1v) is 9.12. The molecule has 0 bridgehead atoms. The fourth-order valence-corrected chi connectivity index (χ4v) is 2.69. The number of nitrogens with one attached hydrogen (secondary N) is 3. The van der Waals surface area contributed by atoms with E-state index >= 15 is 0 Å². The highest BCUT2D eigenvalue weighted by molar-refractivity contribution is 7.80. The predicted octanol–water partition coefficient (Wildman–Crippen LogP) is 2.56. The summed E-state index contributed by atoms with van der Waals surface area (Å²) >= 11 is 5.00. The Balaban J connectivity index is 1.43. The van der Waals surface area contributed by atoms with Crippen molar-refractivity contribution in [1.29, 1.82) is 0 Å². The molecule has 29 heavy (non-hydrogen) atoms. The molecule has 0 aromatic heterocycles. The Labute approximate surface area is 173 Å². The number of methoxy groups -OCH3 is 1. The van der Waals surface area contributed by atoms with E-state index in [1.54, 1.807) is 37.4 Å². The molecular weight excluding hydrogens is 390 g/mol. The number of rotatable bonds is 5. The molecule has 148 valence electrons. The third kappa shape index (κ3) is 5.66. The van der Waals surface area contributed by atoms with Crippen LogP contribution in [-0.4, -0.2) is 30.6 Å². The van der Waals surface area contributed by atoms with Gasteiger partial charge in [-0.15, -0.1) is 0 Å². The average molecular weight is 409 g/mol. The minimum absolute atomic E-state index is 0.0426. The van der Waals surface area contributed by atoms with Gasteiger partial charge in [0.25, 0.3) is 11.8 Å². The summed E-state index contributed by atoms with van der Waals surface area (Å²) in [5.41, 5.74) is 5.29. The van der Waals surface area contributed by atoms with E-state index < -0.39 is 11.8 Å². The zero-order chi connectivity index (χ0) is 20.6. The molecule has 7 nitrogen and oxygen atoms in total. The average Bonchev–Trinajstić information content (AvgIpc) is 2.76. The topological polar surface area (TPSA) is 88.7 Å². The van der Waals surface area contributed by atoms with Crippen LogP contribution in [0.2, 0.25) is 0 Å². The van der Waals surface area contributed by atoms with Crippen molar-refractivity contribution in [3.8, 4) is 11.5 Å². The quantitative estimate of drug-likeness (QED) is 0.443. The SMILES string of the molecule is COc1ccc(C(=O)NNC(=S)NC(=O)COc2ccc3ccccc3c2)cc1. The van der Waals surface area contributed by atoms with E-state index in [-0.39, 0.29) is 11.7 Å². The van der Waals surface area contributed by atoms with Gasteiger partial charge >= 0.3 is 0 Å². The van der Waals surface area contributed by atoms with Gasteiger partial charge in [0, 0.05) is 5.56 Å². The third-order valence-corrected chi connectivity index (χ3v) is 4.19. The lowest BCUT2D eigenvalue weighted by Gasteiger charge is -2.12. The Bertz CT molecular complexity index is 1040. The smallest absolute Gasteiger partial charge is 0.269 e. The van der Waals surface area contributed by atoms with Crippen LogP contribution < -0.4 is 25.6 Å². The van der Waals surface area contributed by atoms with E-state index in [2.05, 4.69) is 16.2 Å². The van der Waals surface area contributed by atoms with Crippen LogP contribution >= 0.6 is 12.2 Å². The summed E-state index contributed by atoms with van der Waals surface area (Å²) in [4.78, 5) is 24.0. The van der Waals surface area contributed by atoms with Gasteiger partial charge < -0.3 is 9.47 Å². The first-order chi connectivity index (χ1) is 14.0. The molecule has 3 aromatic rings. The van der Waals surface area contributed by atoms with Crippen LogP contribution in [-0.2, 0) is 4.79 Å². The molecule has 0 aliphatic rings. The molecule has 8 heteroatoms. The molecule has 0 heterocycles. The summed E-state index contributed by atoms with van der Waals surface area (Å²) in [6, 6.07) is 20.0. The maximum Gasteiger partial charge on any atom is 0.269 e. The third-order valence-electron chi connectivity index (χ3n) is 3.99. The van der Waals surface area contributed by atoms with Gasteiger partial charge in [-0.3, -0.25) is 25.8 Å². The second-order valence-corrected chi connectivity index (χ2v) is 6.39. The second kappa shape index (κ2) is 9.52. The van der Waals surface area contributed by atoms with E-state index in [0.29, 0.717) is 17.1 Å². The van der Waals surface area contributed by atoms with E-state index in [4.69, 9.17) is 21.7 Å². The lowest BCUT2D eigenvalue weighted by Crippen LogP contribution is -2.49. The van der Waals surface area contributed by atoms with Crippen molar-refractivity contribution in [2.75, 3.05) is 13.7 Å². The highest BCUT2D eigenvalue weighted by Gasteiger charge is 2.09. The van der Waals surface area contributed by atoms with Gasteiger partial charge in [0.2, 0.25) is 0 Å². The van der Waals surface area contributed by atoms with E-state index in [1.807, 2.05) is 36.4 Å². The molecule has 0 saturated carbocycles. The predicted molar refractivity (Wildman–Crippen MR) is 114 cm³/mol. The van der Waals surface area contributed by atoms with Gasteiger partial charge in [-0.2, -0.15) is 0 Å². The molecule has 3 rings (SSSR count). The van der Waals surface area contributed by atoms with Crippen LogP contribution in [0.4, 0.5) is 0 Å². The molecule has 0 fully saturated rings. The van der Waals surface area contributed by atoms with Crippen LogP contribution in [0.3, 0.4) is 0 Å². The Morgan fingerprint density at radius 3 is 2.31 bits per heavy atom. The molecule has 0 atom stereocenters. The fourth-order valence-electron chi connectivity index (χ4n) is 2.53. The number of carbonyl (C=O) groups is 2. The Kier molecular flexibility index (Phi) is 6.59. The highest BCUT2D eigenvalue weighted by Crippen LogP contribution is 2.20. The first kappa shape index (κ1) is 20.1. The monoisotopic (exact) mass is 409 g/mol. The number of benzene rings is 3. The van der Waals surface area contributed by atoms with Crippen molar-refractivity contribution in [3.63, 3.8) is 0 Å². The zero-order valence-electron chi connectivity index (χ0n) is 15.6. The van der Waals surface area contributed by atoms with Gasteiger partial charge in [0.05, 0.1) is 7.11 Å². The number of amides is 2. The summed E-state index contributed by atoms with van der Waals surface area (Å²) in [7, 11) is 1.54. The van der Waals surface area contributed by atoms with E-state index in [9.17, 15) is 9.59 Å². The van der Waals surface area contributed by atoms with Crippen LogP contribution in [0, 0.1) is 0 Å². The molecule has 3 aromatic carbocycles. The minimum Gasteiger partial charge on any atom is -0.497 e. The van der Waals surface area contributed by atoms with Crippen molar-refractivity contribution in [2.24, 2.45) is 0 Å². The maximum absolute atomic E-state index is 12.0. The highest BCUT2D eigenvalue weighted by atomic mass is 32.1. The summed E-state index contributed by atoms with van der Waals surface area (Å²) in [5, 5.41) is 4.49. The van der Waals surface area contributed by atoms with Crippen molar-refractivity contribution in [1.82, 2.24) is 16.2 Å². The van der Waals surface area contributed by atoms with Crippen molar-refractivity contribution in [2.45, 2.75) is 0 Å². The minimum atomic E-state index is -0.450. The number of fused-ring (bicyclic) bond motifs is 1. The molecule has 0 unspecified atom stereocenters. The van der Waals surface area contributed by atoms with Gasteiger partial charge in [-0.05, 0) is 59.4 Å². The Morgan fingerprint density at radius 1 is 0.897 bits per heavy atom. The molecule has 3 N–H and O–H groups in total. The van der Waals surface area contributed by atoms with Crippen molar-refractivity contribution < 1.29 is 19.1 Å². The number of hydrogen-bond donors (Lipinski definition) is 3. The molecule has 2 amide bonds. The second-order valence-electron chi connectivity index (χ2n) is 5.98. The van der Waals surface area contributed by atoms with Crippen molar-refractivity contribution in [3.05, 3.63) is 72.3 Å². The summed E-state index contributed by atoms with van der Waals surface area (Å²) in [6.07, 6.45) is 0. The number of carbonyl (C=O) groups excluding carboxylic acids is 2. The van der Waals surface area contributed by atoms with Crippen LogP contribution in [0.25, 0.3) is 10.8 Å². The Morgan fingerprint density at radius 2 is 1.59 bits per heavy atom. The number of ether oxygens (including phenoxy) is 2. The van der Waals surface area contributed by atoms with Gasteiger partial charge in [-0.25, -0.2) is 0 Å². The summed E-state index contributed by atoms with van der Waals surface area (Å²) in [6.45, 7) is -0.216. The van der Waals surface area contributed by atoms with Crippen LogP contribution in [0.15, 0.2) is 66.7 Å². The van der Waals surface area contributed by atoms with Crippen LogP contribution in [0.1, 0.15) is 10.4 Å². The Hall–Kier alpha value is -3.65. The van der Waals surface area contributed by atoms with E-state index in [1.165, 1.54) is 0 Å². The number of hydrazine groups is 1. The zero-order valence-corrected chi connectivity index (χ0v) is 16.4. The van der Waals surface area contributed by atoms with Crippen LogP contribution in [0.5, 0.6) is 11.5 Å². The van der Waals surface area contributed by atoms with Gasteiger partial charge in [0.15, 0.2) is 11.7 Å². The van der Waals surface area contributed by atoms with Gasteiger partial charge in [-0.1, -0.05) is 30.3 Å². The normalized spacial score (nSPS) is 10.1. The molecule has 0 aliphatic heterocycles. The molecule has 0 aliphatic carbocycles. The maximum atomic E-state index is 12.0. The largest absolute Gasteiger partial charge is 0.497 e. The number of hydrogen-bond acceptors (Lipinski definition) is 5. The molecule has 0 saturated heterocycles.